The first-order chi connectivity index (χ1) is 13.2. The van der Waals surface area contributed by atoms with Gasteiger partial charge in [0.05, 0.1) is 13.0 Å². The smallest absolute Gasteiger partial charge is 0.253 e. The predicted molar refractivity (Wildman–Crippen MR) is 101 cm³/mol. The topological polar surface area (TPSA) is 68.5 Å². The molecular weight excluding hydrogens is 342 g/mol. The van der Waals surface area contributed by atoms with Gasteiger partial charge in [-0.1, -0.05) is 42.4 Å². The average Bonchev–Trinajstić information content (AvgIpc) is 3.35. The van der Waals surface area contributed by atoms with E-state index < -0.39 is 0 Å². The zero-order valence-electron chi connectivity index (χ0n) is 15.3. The van der Waals surface area contributed by atoms with Crippen LogP contribution in [0.4, 0.5) is 0 Å². The standard InChI is InChI=1S/C21H21N3O3/c1-14-12-24(21(25)16-8-10-17(26-2)11-9-16)13-18(14)20-22-19(23-27-20)15-6-4-3-5-7-15/h3-11,14,18H,12-13H2,1-2H3/t14-,18-/m0/s1. The van der Waals surface area contributed by atoms with E-state index in [1.165, 1.54) is 0 Å². The van der Waals surface area contributed by atoms with Gasteiger partial charge in [0.1, 0.15) is 5.75 Å². The van der Waals surface area contributed by atoms with E-state index in [2.05, 4.69) is 17.1 Å². The summed E-state index contributed by atoms with van der Waals surface area (Å²) in [4.78, 5) is 19.2. The molecule has 6 heteroatoms. The number of rotatable bonds is 4. The van der Waals surface area contributed by atoms with Crippen LogP contribution < -0.4 is 4.74 Å². The van der Waals surface area contributed by atoms with Gasteiger partial charge < -0.3 is 14.2 Å². The first kappa shape index (κ1) is 17.3. The Morgan fingerprint density at radius 1 is 1.11 bits per heavy atom. The van der Waals surface area contributed by atoms with Gasteiger partial charge in [-0.15, -0.1) is 0 Å². The maximum Gasteiger partial charge on any atom is 0.253 e. The van der Waals surface area contributed by atoms with Gasteiger partial charge in [-0.3, -0.25) is 4.79 Å². The van der Waals surface area contributed by atoms with Gasteiger partial charge in [0, 0.05) is 24.2 Å². The highest BCUT2D eigenvalue weighted by molar-refractivity contribution is 5.94. The summed E-state index contributed by atoms with van der Waals surface area (Å²) < 4.78 is 10.7. The highest BCUT2D eigenvalue weighted by Crippen LogP contribution is 2.33. The minimum absolute atomic E-state index is 0.00908. The lowest BCUT2D eigenvalue weighted by molar-refractivity contribution is 0.0786. The van der Waals surface area contributed by atoms with Gasteiger partial charge >= 0.3 is 0 Å². The number of ether oxygens (including phenoxy) is 1. The molecule has 2 aromatic carbocycles. The number of methoxy groups -OCH3 is 1. The van der Waals surface area contributed by atoms with Crippen LogP contribution >= 0.6 is 0 Å². The summed E-state index contributed by atoms with van der Waals surface area (Å²) in [5.74, 6) is 2.20. The number of likely N-dealkylation sites (tertiary alicyclic amines) is 1. The highest BCUT2D eigenvalue weighted by atomic mass is 16.5. The molecule has 0 N–H and O–H groups in total. The Morgan fingerprint density at radius 2 is 1.85 bits per heavy atom. The second-order valence-electron chi connectivity index (χ2n) is 6.84. The first-order valence-electron chi connectivity index (χ1n) is 8.98. The number of amides is 1. The molecule has 0 bridgehead atoms. The van der Waals surface area contributed by atoms with E-state index in [1.54, 1.807) is 31.4 Å². The van der Waals surface area contributed by atoms with Crippen LogP contribution in [-0.2, 0) is 0 Å². The second kappa shape index (κ2) is 7.23. The fourth-order valence-corrected chi connectivity index (χ4v) is 3.46. The van der Waals surface area contributed by atoms with E-state index in [1.807, 2.05) is 35.2 Å². The minimum atomic E-state index is 0.00908. The minimum Gasteiger partial charge on any atom is -0.497 e. The van der Waals surface area contributed by atoms with Crippen LogP contribution in [0.5, 0.6) is 5.75 Å². The van der Waals surface area contributed by atoms with E-state index >= 15 is 0 Å². The van der Waals surface area contributed by atoms with Crippen LogP contribution in [0.2, 0.25) is 0 Å². The van der Waals surface area contributed by atoms with Gasteiger partial charge in [0.15, 0.2) is 0 Å². The molecular formula is C21H21N3O3. The van der Waals surface area contributed by atoms with Crippen molar-refractivity contribution in [3.05, 3.63) is 66.1 Å². The number of benzene rings is 2. The van der Waals surface area contributed by atoms with E-state index in [-0.39, 0.29) is 17.7 Å². The lowest BCUT2D eigenvalue weighted by atomic mass is 9.98. The lowest BCUT2D eigenvalue weighted by Crippen LogP contribution is -2.28. The van der Waals surface area contributed by atoms with Gasteiger partial charge in [0.25, 0.3) is 5.91 Å². The monoisotopic (exact) mass is 363 g/mol. The lowest BCUT2D eigenvalue weighted by Gasteiger charge is -2.16. The number of carbonyl (C=O) groups excluding carboxylic acids is 1. The van der Waals surface area contributed by atoms with Crippen LogP contribution in [-0.4, -0.2) is 41.1 Å². The van der Waals surface area contributed by atoms with Crippen molar-refractivity contribution in [3.8, 4) is 17.1 Å². The molecule has 1 aliphatic rings. The third kappa shape index (κ3) is 3.43. The Kier molecular flexibility index (Phi) is 4.62. The van der Waals surface area contributed by atoms with Crippen molar-refractivity contribution in [2.24, 2.45) is 5.92 Å². The summed E-state index contributed by atoms with van der Waals surface area (Å²) in [6.07, 6.45) is 0. The number of hydrogen-bond donors (Lipinski definition) is 0. The van der Waals surface area contributed by atoms with E-state index in [9.17, 15) is 4.79 Å². The normalized spacial score (nSPS) is 19.3. The molecule has 0 spiro atoms. The first-order valence-corrected chi connectivity index (χ1v) is 8.98. The molecule has 6 nitrogen and oxygen atoms in total. The van der Waals surface area contributed by atoms with Gasteiger partial charge in [-0.25, -0.2) is 0 Å². The van der Waals surface area contributed by atoms with Crippen LogP contribution in [0, 0.1) is 5.92 Å². The zero-order valence-corrected chi connectivity index (χ0v) is 15.3. The highest BCUT2D eigenvalue weighted by Gasteiger charge is 2.37. The molecule has 4 rings (SSSR count). The number of nitrogens with zero attached hydrogens (tertiary/aromatic N) is 3. The van der Waals surface area contributed by atoms with Gasteiger partial charge in [-0.05, 0) is 30.2 Å². The van der Waals surface area contributed by atoms with E-state index in [0.717, 1.165) is 11.3 Å². The largest absolute Gasteiger partial charge is 0.497 e. The molecule has 2 heterocycles. The molecule has 0 unspecified atom stereocenters. The molecule has 3 aromatic rings. The predicted octanol–water partition coefficient (Wildman–Crippen LogP) is 3.62. The second-order valence-corrected chi connectivity index (χ2v) is 6.84. The van der Waals surface area contributed by atoms with Crippen molar-refractivity contribution in [3.63, 3.8) is 0 Å². The Bertz CT molecular complexity index is 921. The summed E-state index contributed by atoms with van der Waals surface area (Å²) >= 11 is 0. The van der Waals surface area contributed by atoms with Crippen LogP contribution in [0.3, 0.4) is 0 Å². The Labute approximate surface area is 157 Å². The Morgan fingerprint density at radius 3 is 2.56 bits per heavy atom. The van der Waals surface area contributed by atoms with E-state index in [4.69, 9.17) is 9.26 Å². The molecule has 1 saturated heterocycles. The van der Waals surface area contributed by atoms with Crippen molar-refractivity contribution >= 4 is 5.91 Å². The molecule has 1 aromatic heterocycles. The molecule has 1 aliphatic heterocycles. The molecule has 138 valence electrons. The number of aromatic nitrogens is 2. The number of hydrogen-bond acceptors (Lipinski definition) is 5. The van der Waals surface area contributed by atoms with Crippen LogP contribution in [0.25, 0.3) is 11.4 Å². The van der Waals surface area contributed by atoms with Crippen LogP contribution in [0.1, 0.15) is 29.1 Å². The SMILES string of the molecule is COc1ccc(C(=O)N2C[C@H](c3nc(-c4ccccc4)no3)[C@@H](C)C2)cc1. The van der Waals surface area contributed by atoms with Crippen molar-refractivity contribution in [2.75, 3.05) is 20.2 Å². The van der Waals surface area contributed by atoms with Crippen LogP contribution in [0.15, 0.2) is 59.1 Å². The van der Waals surface area contributed by atoms with Crippen molar-refractivity contribution < 1.29 is 14.1 Å². The van der Waals surface area contributed by atoms with Gasteiger partial charge in [-0.2, -0.15) is 4.98 Å². The Balaban J connectivity index is 1.49. The van der Waals surface area contributed by atoms with Crippen molar-refractivity contribution in [1.82, 2.24) is 15.0 Å². The molecule has 0 radical (unpaired) electrons. The average molecular weight is 363 g/mol. The molecule has 27 heavy (non-hydrogen) atoms. The number of carbonyl (C=O) groups is 1. The zero-order chi connectivity index (χ0) is 18.8. The van der Waals surface area contributed by atoms with E-state index in [0.29, 0.717) is 30.4 Å². The summed E-state index contributed by atoms with van der Waals surface area (Å²) in [6, 6.07) is 16.9. The quantitative estimate of drug-likeness (QED) is 0.708. The summed E-state index contributed by atoms with van der Waals surface area (Å²) in [5.41, 5.74) is 1.57. The molecule has 0 saturated carbocycles. The third-order valence-electron chi connectivity index (χ3n) is 5.03. The fraction of sp³-hybridized carbons (Fsp3) is 0.286. The summed E-state index contributed by atoms with van der Waals surface area (Å²) in [7, 11) is 1.61. The Hall–Kier alpha value is -3.15. The molecule has 2 atom stereocenters. The van der Waals surface area contributed by atoms with Crippen molar-refractivity contribution in [1.29, 1.82) is 0 Å². The maximum absolute atomic E-state index is 12.8. The summed E-state index contributed by atoms with van der Waals surface area (Å²) in [5, 5.41) is 4.11. The molecule has 0 aliphatic carbocycles. The molecule has 1 amide bonds. The van der Waals surface area contributed by atoms with Gasteiger partial charge in [0.2, 0.25) is 11.7 Å². The maximum atomic E-state index is 12.8. The summed E-state index contributed by atoms with van der Waals surface area (Å²) in [6.45, 7) is 3.35. The van der Waals surface area contributed by atoms with Crippen molar-refractivity contribution in [2.45, 2.75) is 12.8 Å². The fourth-order valence-electron chi connectivity index (χ4n) is 3.46. The third-order valence-corrected chi connectivity index (χ3v) is 5.03. The molecule has 1 fully saturated rings.